The highest BCUT2D eigenvalue weighted by molar-refractivity contribution is 7.98. The molecule has 5 nitrogen and oxygen atoms in total. The zero-order valence-electron chi connectivity index (χ0n) is 14.0. The van der Waals surface area contributed by atoms with Gasteiger partial charge in [0, 0.05) is 23.1 Å². The molecule has 4 rings (SSSR count). The first-order valence-corrected chi connectivity index (χ1v) is 9.18. The van der Waals surface area contributed by atoms with E-state index in [1.165, 1.54) is 36.0 Å². The van der Waals surface area contributed by atoms with Crippen LogP contribution in [0.15, 0.2) is 70.7 Å². The number of H-pyrrole nitrogens is 2. The van der Waals surface area contributed by atoms with E-state index in [9.17, 15) is 14.0 Å². The third-order valence-electron chi connectivity index (χ3n) is 4.10. The molecule has 0 amide bonds. The minimum absolute atomic E-state index is 0.155. The number of aromatic nitrogens is 3. The van der Waals surface area contributed by atoms with Crippen LogP contribution >= 0.6 is 11.8 Å². The normalized spacial score (nSPS) is 11.0. The number of ketones is 1. The molecule has 0 saturated heterocycles. The monoisotopic (exact) mass is 379 g/mol. The van der Waals surface area contributed by atoms with Gasteiger partial charge in [-0.05, 0) is 35.9 Å². The number of halogens is 1. The van der Waals surface area contributed by atoms with Crippen LogP contribution in [0.5, 0.6) is 0 Å². The van der Waals surface area contributed by atoms with E-state index in [4.69, 9.17) is 0 Å². The van der Waals surface area contributed by atoms with Gasteiger partial charge in [0.25, 0.3) is 5.56 Å². The van der Waals surface area contributed by atoms with Crippen molar-refractivity contribution < 1.29 is 9.18 Å². The van der Waals surface area contributed by atoms with Gasteiger partial charge in [0.15, 0.2) is 10.9 Å². The van der Waals surface area contributed by atoms with Gasteiger partial charge >= 0.3 is 0 Å². The Morgan fingerprint density at radius 1 is 1.00 bits per heavy atom. The van der Waals surface area contributed by atoms with Gasteiger partial charge in [-0.1, -0.05) is 36.0 Å². The molecule has 27 heavy (non-hydrogen) atoms. The van der Waals surface area contributed by atoms with Gasteiger partial charge in [0.2, 0.25) is 0 Å². The molecule has 0 spiro atoms. The van der Waals surface area contributed by atoms with Gasteiger partial charge in [-0.3, -0.25) is 9.59 Å². The van der Waals surface area contributed by atoms with E-state index < -0.39 is 0 Å². The Morgan fingerprint density at radius 3 is 2.37 bits per heavy atom. The van der Waals surface area contributed by atoms with Gasteiger partial charge in [-0.15, -0.1) is 0 Å². The molecule has 2 aromatic carbocycles. The van der Waals surface area contributed by atoms with Crippen LogP contribution in [-0.4, -0.2) is 20.7 Å². The first kappa shape index (κ1) is 17.2. The maximum absolute atomic E-state index is 13.0. The molecule has 0 bridgehead atoms. The smallest absolute Gasteiger partial charge is 0.261 e. The van der Waals surface area contributed by atoms with E-state index in [1.54, 1.807) is 24.4 Å². The number of hydrogen-bond acceptors (Lipinski definition) is 4. The Hall–Kier alpha value is -3.19. The van der Waals surface area contributed by atoms with E-state index in [0.717, 1.165) is 5.56 Å². The van der Waals surface area contributed by atoms with E-state index in [2.05, 4.69) is 15.0 Å². The van der Waals surface area contributed by atoms with Gasteiger partial charge in [0.05, 0.1) is 5.39 Å². The highest BCUT2D eigenvalue weighted by atomic mass is 32.2. The summed E-state index contributed by atoms with van der Waals surface area (Å²) in [7, 11) is 0. The van der Waals surface area contributed by atoms with Crippen LogP contribution in [0.3, 0.4) is 0 Å². The number of hydrogen-bond donors (Lipinski definition) is 2. The minimum Gasteiger partial charge on any atom is -0.346 e. The number of benzene rings is 2. The number of nitrogens with one attached hydrogen (secondary N) is 2. The molecule has 0 aliphatic rings. The van der Waals surface area contributed by atoms with Crippen molar-refractivity contribution >= 4 is 28.6 Å². The van der Waals surface area contributed by atoms with Crippen molar-refractivity contribution in [2.45, 2.75) is 10.9 Å². The molecule has 7 heteroatoms. The SMILES string of the molecule is O=C(c1ccc(F)cc1)c1ccc(CSc2nc3[nH]ccc3c(=O)[nH]2)cc1. The predicted octanol–water partition coefficient (Wildman–Crippen LogP) is 3.91. The standard InChI is InChI=1S/C20H14FN3O2S/c21-15-7-5-14(6-8-15)17(25)13-3-1-12(2-4-13)11-27-20-23-18-16(9-10-22-18)19(26)24-20/h1-10H,11H2,(H2,22,23,24,26). The summed E-state index contributed by atoms with van der Waals surface area (Å²) >= 11 is 1.40. The largest absolute Gasteiger partial charge is 0.346 e. The molecule has 0 unspecified atom stereocenters. The third kappa shape index (κ3) is 3.68. The van der Waals surface area contributed by atoms with Gasteiger partial charge in [-0.2, -0.15) is 0 Å². The van der Waals surface area contributed by atoms with Crippen molar-refractivity contribution in [3.63, 3.8) is 0 Å². The van der Waals surface area contributed by atoms with Crippen LogP contribution in [-0.2, 0) is 5.75 Å². The Balaban J connectivity index is 1.46. The molecule has 2 N–H and O–H groups in total. The fourth-order valence-electron chi connectivity index (χ4n) is 2.67. The summed E-state index contributed by atoms with van der Waals surface area (Å²) in [5.74, 6) is 0.0701. The fraction of sp³-hybridized carbons (Fsp3) is 0.0500. The number of nitrogens with zero attached hydrogens (tertiary/aromatic N) is 1. The highest BCUT2D eigenvalue weighted by Crippen LogP contribution is 2.20. The van der Waals surface area contributed by atoms with Crippen LogP contribution in [0, 0.1) is 5.82 Å². The number of fused-ring (bicyclic) bond motifs is 1. The lowest BCUT2D eigenvalue weighted by Crippen LogP contribution is -2.08. The second-order valence-corrected chi connectivity index (χ2v) is 6.90. The number of aromatic amines is 2. The van der Waals surface area contributed by atoms with Gasteiger partial charge in [0.1, 0.15) is 11.5 Å². The molecule has 2 heterocycles. The van der Waals surface area contributed by atoms with Gasteiger partial charge in [-0.25, -0.2) is 9.37 Å². The first-order chi connectivity index (χ1) is 13.1. The van der Waals surface area contributed by atoms with Crippen LogP contribution in [0.4, 0.5) is 4.39 Å². The lowest BCUT2D eigenvalue weighted by molar-refractivity contribution is 0.103. The number of carbonyl (C=O) groups is 1. The summed E-state index contributed by atoms with van der Waals surface area (Å²) < 4.78 is 13.0. The Labute approximate surface area is 157 Å². The maximum atomic E-state index is 13.0. The summed E-state index contributed by atoms with van der Waals surface area (Å²) in [4.78, 5) is 34.4. The van der Waals surface area contributed by atoms with E-state index in [0.29, 0.717) is 33.1 Å². The predicted molar refractivity (Wildman–Crippen MR) is 103 cm³/mol. The number of carbonyl (C=O) groups excluding carboxylic acids is 1. The second-order valence-electron chi connectivity index (χ2n) is 5.93. The molecule has 134 valence electrons. The molecule has 0 aliphatic heterocycles. The molecule has 0 fully saturated rings. The lowest BCUT2D eigenvalue weighted by Gasteiger charge is -2.04. The summed E-state index contributed by atoms with van der Waals surface area (Å²) in [5, 5.41) is 1.06. The molecular formula is C20H14FN3O2S. The lowest BCUT2D eigenvalue weighted by atomic mass is 10.0. The molecule has 0 atom stereocenters. The van der Waals surface area contributed by atoms with Crippen LogP contribution in [0.1, 0.15) is 21.5 Å². The highest BCUT2D eigenvalue weighted by Gasteiger charge is 2.10. The van der Waals surface area contributed by atoms with Crippen LogP contribution < -0.4 is 5.56 Å². The minimum atomic E-state index is -0.372. The molecule has 0 saturated carbocycles. The van der Waals surface area contributed by atoms with Crippen molar-refractivity contribution in [2.24, 2.45) is 0 Å². The fourth-order valence-corrected chi connectivity index (χ4v) is 3.49. The summed E-state index contributed by atoms with van der Waals surface area (Å²) in [6.07, 6.45) is 1.68. The summed E-state index contributed by atoms with van der Waals surface area (Å²) in [6, 6.07) is 14.4. The topological polar surface area (TPSA) is 78.6 Å². The maximum Gasteiger partial charge on any atom is 0.261 e. The Bertz CT molecular complexity index is 1160. The quantitative estimate of drug-likeness (QED) is 0.313. The zero-order valence-corrected chi connectivity index (χ0v) is 14.8. The van der Waals surface area contributed by atoms with Crippen molar-refractivity contribution in [1.29, 1.82) is 0 Å². The molecule has 2 aromatic heterocycles. The van der Waals surface area contributed by atoms with E-state index >= 15 is 0 Å². The van der Waals surface area contributed by atoms with Crippen molar-refractivity contribution in [3.8, 4) is 0 Å². The van der Waals surface area contributed by atoms with Crippen molar-refractivity contribution in [2.75, 3.05) is 0 Å². The zero-order chi connectivity index (χ0) is 18.8. The van der Waals surface area contributed by atoms with Crippen molar-refractivity contribution in [3.05, 3.63) is 93.7 Å². The number of thioether (sulfide) groups is 1. The Morgan fingerprint density at radius 2 is 1.67 bits per heavy atom. The molecule has 0 radical (unpaired) electrons. The summed E-state index contributed by atoms with van der Waals surface area (Å²) in [6.45, 7) is 0. The average Bonchev–Trinajstić information content (AvgIpc) is 3.16. The molecular weight excluding hydrogens is 365 g/mol. The average molecular weight is 379 g/mol. The van der Waals surface area contributed by atoms with Crippen LogP contribution in [0.25, 0.3) is 11.0 Å². The number of rotatable bonds is 5. The summed E-state index contributed by atoms with van der Waals surface area (Å²) in [5.41, 5.74) is 2.35. The Kier molecular flexibility index (Phi) is 4.60. The van der Waals surface area contributed by atoms with E-state index in [1.807, 2.05) is 12.1 Å². The van der Waals surface area contributed by atoms with Crippen molar-refractivity contribution in [1.82, 2.24) is 15.0 Å². The van der Waals surface area contributed by atoms with Crippen LogP contribution in [0.2, 0.25) is 0 Å². The first-order valence-electron chi connectivity index (χ1n) is 8.19. The second kappa shape index (κ2) is 7.20. The molecule has 4 aromatic rings. The van der Waals surface area contributed by atoms with E-state index in [-0.39, 0.29) is 17.2 Å². The molecule has 0 aliphatic carbocycles. The van der Waals surface area contributed by atoms with Gasteiger partial charge < -0.3 is 9.97 Å². The third-order valence-corrected chi connectivity index (χ3v) is 5.05.